The molecule has 0 radical (unpaired) electrons. The number of carbonyl (C=O) groups excluding carboxylic acids is 1. The summed E-state index contributed by atoms with van der Waals surface area (Å²) >= 11 is 1.67. The quantitative estimate of drug-likeness (QED) is 0.918. The first kappa shape index (κ1) is 16.9. The minimum atomic E-state index is -0.0561. The number of amides is 1. The van der Waals surface area contributed by atoms with Crippen LogP contribution in [0, 0.1) is 0 Å². The van der Waals surface area contributed by atoms with Crippen molar-refractivity contribution < 1.29 is 4.79 Å². The summed E-state index contributed by atoms with van der Waals surface area (Å²) in [6, 6.07) is 0.193. The fraction of sp³-hybridized carbons (Fsp3) is 0.625. The third-order valence-corrected chi connectivity index (χ3v) is 5.62. The van der Waals surface area contributed by atoms with Gasteiger partial charge in [-0.2, -0.15) is 0 Å². The highest BCUT2D eigenvalue weighted by atomic mass is 32.1. The predicted molar refractivity (Wildman–Crippen MR) is 94.5 cm³/mol. The van der Waals surface area contributed by atoms with Crippen molar-refractivity contribution in [2.45, 2.75) is 45.1 Å². The number of hydrogen-bond acceptors (Lipinski definition) is 6. The largest absolute Gasteiger partial charge is 0.348 e. The Morgan fingerprint density at radius 2 is 2.00 bits per heavy atom. The zero-order chi connectivity index (χ0) is 17.3. The average molecular weight is 348 g/mol. The van der Waals surface area contributed by atoms with Crippen LogP contribution in [-0.2, 0) is 12.5 Å². The molecule has 3 heterocycles. The number of piperidine rings is 1. The van der Waals surface area contributed by atoms with Gasteiger partial charge in [0.2, 0.25) is 5.13 Å². The summed E-state index contributed by atoms with van der Waals surface area (Å²) in [5, 5.41) is 13.8. The number of anilines is 1. The molecule has 24 heavy (non-hydrogen) atoms. The Bertz CT molecular complexity index is 708. The van der Waals surface area contributed by atoms with Crippen LogP contribution < -0.4 is 10.2 Å². The Morgan fingerprint density at radius 1 is 1.29 bits per heavy atom. The molecule has 1 aliphatic heterocycles. The highest BCUT2D eigenvalue weighted by Crippen LogP contribution is 2.31. The molecule has 0 spiro atoms. The molecule has 1 fully saturated rings. The number of aromatic nitrogens is 4. The third-order valence-electron chi connectivity index (χ3n) is 4.21. The number of hydrogen-bond donors (Lipinski definition) is 1. The number of nitrogens with one attached hydrogen (secondary N) is 1. The molecule has 0 saturated carbocycles. The molecule has 0 unspecified atom stereocenters. The van der Waals surface area contributed by atoms with E-state index in [-0.39, 0.29) is 17.4 Å². The van der Waals surface area contributed by atoms with Crippen LogP contribution in [0.4, 0.5) is 5.13 Å². The molecule has 8 heteroatoms. The first-order chi connectivity index (χ1) is 11.3. The lowest BCUT2D eigenvalue weighted by Gasteiger charge is -2.31. The molecule has 7 nitrogen and oxygen atoms in total. The molecule has 1 saturated heterocycles. The summed E-state index contributed by atoms with van der Waals surface area (Å²) in [7, 11) is 1.83. The zero-order valence-corrected chi connectivity index (χ0v) is 15.4. The van der Waals surface area contributed by atoms with E-state index in [0.717, 1.165) is 36.1 Å². The lowest BCUT2D eigenvalue weighted by molar-refractivity contribution is 0.0923. The van der Waals surface area contributed by atoms with Crippen LogP contribution in [0.1, 0.15) is 49.1 Å². The van der Waals surface area contributed by atoms with Crippen LogP contribution in [0.3, 0.4) is 0 Å². The molecule has 1 amide bonds. The maximum absolute atomic E-state index is 12.3. The maximum Gasteiger partial charge on any atom is 0.269 e. The van der Waals surface area contributed by atoms with E-state index in [1.165, 1.54) is 0 Å². The molecule has 0 bridgehead atoms. The summed E-state index contributed by atoms with van der Waals surface area (Å²) in [5.74, 6) is -0.0561. The SMILES string of the molecule is Cn1cncc1C(=O)NC1CCN(c2nnc(C(C)(C)C)s2)CC1. The summed E-state index contributed by atoms with van der Waals surface area (Å²) < 4.78 is 1.74. The molecule has 0 aliphatic carbocycles. The van der Waals surface area contributed by atoms with Crippen molar-refractivity contribution in [1.29, 1.82) is 0 Å². The molecule has 0 atom stereocenters. The van der Waals surface area contributed by atoms with Crippen molar-refractivity contribution in [2.75, 3.05) is 18.0 Å². The smallest absolute Gasteiger partial charge is 0.269 e. The summed E-state index contributed by atoms with van der Waals surface area (Å²) in [6.07, 6.45) is 5.06. The molecular weight excluding hydrogens is 324 g/mol. The lowest BCUT2D eigenvalue weighted by atomic mass is 9.98. The van der Waals surface area contributed by atoms with Crippen molar-refractivity contribution in [2.24, 2.45) is 7.05 Å². The number of nitrogens with zero attached hydrogens (tertiary/aromatic N) is 5. The van der Waals surface area contributed by atoms with Crippen LogP contribution in [-0.4, -0.2) is 44.8 Å². The van der Waals surface area contributed by atoms with Gasteiger partial charge in [0.1, 0.15) is 10.7 Å². The zero-order valence-electron chi connectivity index (χ0n) is 14.6. The van der Waals surface area contributed by atoms with Gasteiger partial charge in [-0.25, -0.2) is 4.98 Å². The van der Waals surface area contributed by atoms with Gasteiger partial charge in [0.15, 0.2) is 0 Å². The van der Waals surface area contributed by atoms with E-state index in [2.05, 4.69) is 46.2 Å². The Labute approximate surface area is 146 Å². The molecule has 3 rings (SSSR count). The Hall–Kier alpha value is -1.96. The number of imidazole rings is 1. The molecule has 0 aromatic carbocycles. The molecule has 2 aromatic rings. The lowest BCUT2D eigenvalue weighted by Crippen LogP contribution is -2.45. The minimum Gasteiger partial charge on any atom is -0.348 e. The molecule has 1 aliphatic rings. The van der Waals surface area contributed by atoms with Gasteiger partial charge in [0.25, 0.3) is 5.91 Å². The van der Waals surface area contributed by atoms with Crippen LogP contribution >= 0.6 is 11.3 Å². The van der Waals surface area contributed by atoms with Crippen molar-refractivity contribution in [3.8, 4) is 0 Å². The first-order valence-corrected chi connectivity index (χ1v) is 9.02. The Kier molecular flexibility index (Phi) is 4.58. The van der Waals surface area contributed by atoms with Crippen molar-refractivity contribution in [1.82, 2.24) is 25.1 Å². The van der Waals surface area contributed by atoms with E-state index in [1.54, 1.807) is 28.4 Å². The van der Waals surface area contributed by atoms with E-state index >= 15 is 0 Å². The van der Waals surface area contributed by atoms with Crippen molar-refractivity contribution in [3.05, 3.63) is 23.2 Å². The van der Waals surface area contributed by atoms with Crippen LogP contribution in [0.15, 0.2) is 12.5 Å². The highest BCUT2D eigenvalue weighted by molar-refractivity contribution is 7.15. The van der Waals surface area contributed by atoms with E-state index in [9.17, 15) is 4.79 Å². The molecular formula is C16H24N6OS. The average Bonchev–Trinajstić information content (AvgIpc) is 3.16. The third kappa shape index (κ3) is 3.58. The van der Waals surface area contributed by atoms with E-state index in [0.29, 0.717) is 5.69 Å². The van der Waals surface area contributed by atoms with Gasteiger partial charge < -0.3 is 14.8 Å². The number of aryl methyl sites for hydroxylation is 1. The standard InChI is InChI=1S/C16H24N6OS/c1-16(2,3)14-19-20-15(24-14)22-7-5-11(6-8-22)18-13(23)12-9-17-10-21(12)4/h9-11H,5-8H2,1-4H3,(H,18,23). The molecule has 2 aromatic heterocycles. The molecule has 1 N–H and O–H groups in total. The second-order valence-corrected chi connectivity index (χ2v) is 8.22. The summed E-state index contributed by atoms with van der Waals surface area (Å²) in [6.45, 7) is 8.22. The predicted octanol–water partition coefficient (Wildman–Crippen LogP) is 1.97. The van der Waals surface area contributed by atoms with Gasteiger partial charge in [-0.1, -0.05) is 32.1 Å². The van der Waals surface area contributed by atoms with Crippen LogP contribution in [0.5, 0.6) is 0 Å². The monoisotopic (exact) mass is 348 g/mol. The van der Waals surface area contributed by atoms with E-state index in [4.69, 9.17) is 0 Å². The second-order valence-electron chi connectivity index (χ2n) is 7.26. The van der Waals surface area contributed by atoms with Crippen LogP contribution in [0.25, 0.3) is 0 Å². The number of rotatable bonds is 3. The van der Waals surface area contributed by atoms with Gasteiger partial charge in [-0.15, -0.1) is 10.2 Å². The first-order valence-electron chi connectivity index (χ1n) is 8.20. The van der Waals surface area contributed by atoms with Gasteiger partial charge in [0.05, 0.1) is 12.5 Å². The van der Waals surface area contributed by atoms with E-state index < -0.39 is 0 Å². The fourth-order valence-electron chi connectivity index (χ4n) is 2.70. The fourth-order valence-corrected chi connectivity index (χ4v) is 3.65. The van der Waals surface area contributed by atoms with E-state index in [1.807, 2.05) is 7.05 Å². The number of carbonyl (C=O) groups is 1. The highest BCUT2D eigenvalue weighted by Gasteiger charge is 2.26. The van der Waals surface area contributed by atoms with Gasteiger partial charge in [0, 0.05) is 31.6 Å². The van der Waals surface area contributed by atoms with Gasteiger partial charge in [-0.05, 0) is 12.8 Å². The normalized spacial score (nSPS) is 16.4. The Balaban J connectivity index is 1.55. The topological polar surface area (TPSA) is 75.9 Å². The maximum atomic E-state index is 12.3. The minimum absolute atomic E-state index is 0.0331. The van der Waals surface area contributed by atoms with Crippen molar-refractivity contribution >= 4 is 22.4 Å². The van der Waals surface area contributed by atoms with Crippen LogP contribution in [0.2, 0.25) is 0 Å². The second kappa shape index (κ2) is 6.51. The van der Waals surface area contributed by atoms with Gasteiger partial charge >= 0.3 is 0 Å². The van der Waals surface area contributed by atoms with Gasteiger partial charge in [-0.3, -0.25) is 4.79 Å². The summed E-state index contributed by atoms with van der Waals surface area (Å²) in [4.78, 5) is 18.5. The Morgan fingerprint density at radius 3 is 2.54 bits per heavy atom. The summed E-state index contributed by atoms with van der Waals surface area (Å²) in [5.41, 5.74) is 0.627. The van der Waals surface area contributed by atoms with Crippen molar-refractivity contribution in [3.63, 3.8) is 0 Å². The molecule has 130 valence electrons.